The van der Waals surface area contributed by atoms with Crippen LogP contribution in [0, 0.1) is 0 Å². The van der Waals surface area contributed by atoms with Crippen LogP contribution in [0.15, 0.2) is 48.3 Å². The van der Waals surface area contributed by atoms with Crippen molar-refractivity contribution in [1.82, 2.24) is 15.3 Å². The van der Waals surface area contributed by atoms with Crippen LogP contribution in [0.25, 0.3) is 0 Å². The van der Waals surface area contributed by atoms with Crippen molar-refractivity contribution in [3.63, 3.8) is 0 Å². The van der Waals surface area contributed by atoms with Crippen molar-refractivity contribution in [2.45, 2.75) is 39.0 Å². The molecule has 0 atom stereocenters. The Morgan fingerprint density at radius 2 is 1.93 bits per heavy atom. The lowest BCUT2D eigenvalue weighted by atomic mass is 9.97. The third-order valence-corrected chi connectivity index (χ3v) is 4.70. The lowest BCUT2D eigenvalue weighted by Gasteiger charge is -2.13. The van der Waals surface area contributed by atoms with Crippen LogP contribution in [-0.4, -0.2) is 35.0 Å². The monoisotopic (exact) mass is 394 g/mol. The van der Waals surface area contributed by atoms with Crippen molar-refractivity contribution in [3.05, 3.63) is 59.4 Å². The highest BCUT2D eigenvalue weighted by atomic mass is 16.5. The van der Waals surface area contributed by atoms with Crippen molar-refractivity contribution >= 4 is 23.5 Å². The van der Waals surface area contributed by atoms with E-state index in [0.717, 1.165) is 19.3 Å². The molecule has 0 aliphatic heterocycles. The SMILES string of the molecule is CCOC(=O)c1ccccc1Nc1ncc(C(=O)NCCC2=CCCCC2)cn1. The third kappa shape index (κ3) is 5.88. The largest absolute Gasteiger partial charge is 0.462 e. The second-order valence-corrected chi connectivity index (χ2v) is 6.80. The van der Waals surface area contributed by atoms with Gasteiger partial charge in [0.2, 0.25) is 5.95 Å². The number of anilines is 2. The molecule has 7 nitrogen and oxygen atoms in total. The first kappa shape index (κ1) is 20.5. The van der Waals surface area contributed by atoms with Crippen LogP contribution in [0.1, 0.15) is 59.7 Å². The number of hydrogen-bond acceptors (Lipinski definition) is 6. The van der Waals surface area contributed by atoms with Crippen LogP contribution in [0.2, 0.25) is 0 Å². The Bertz CT molecular complexity index is 878. The predicted octanol–water partition coefficient (Wildman–Crippen LogP) is 4.02. The molecule has 0 fully saturated rings. The molecule has 0 saturated heterocycles. The normalized spacial score (nSPS) is 13.3. The molecule has 1 aromatic heterocycles. The fourth-order valence-electron chi connectivity index (χ4n) is 3.18. The Morgan fingerprint density at radius 3 is 2.66 bits per heavy atom. The van der Waals surface area contributed by atoms with E-state index in [9.17, 15) is 9.59 Å². The number of nitrogens with one attached hydrogen (secondary N) is 2. The number of carbonyl (C=O) groups excluding carboxylic acids is 2. The van der Waals surface area contributed by atoms with E-state index >= 15 is 0 Å². The van der Waals surface area contributed by atoms with Gasteiger partial charge < -0.3 is 15.4 Å². The lowest BCUT2D eigenvalue weighted by molar-refractivity contribution is 0.0527. The van der Waals surface area contributed by atoms with Gasteiger partial charge in [-0.05, 0) is 51.2 Å². The van der Waals surface area contributed by atoms with Gasteiger partial charge in [0.15, 0.2) is 0 Å². The van der Waals surface area contributed by atoms with Gasteiger partial charge >= 0.3 is 5.97 Å². The number of esters is 1. The minimum Gasteiger partial charge on any atom is -0.462 e. The second kappa shape index (κ2) is 10.4. The first-order valence-electron chi connectivity index (χ1n) is 9.98. The molecule has 1 amide bonds. The first-order chi connectivity index (χ1) is 14.2. The van der Waals surface area contributed by atoms with E-state index in [1.165, 1.54) is 30.8 Å². The molecule has 0 bridgehead atoms. The second-order valence-electron chi connectivity index (χ2n) is 6.80. The number of allylic oxidation sites excluding steroid dienone is 1. The van der Waals surface area contributed by atoms with Crippen LogP contribution < -0.4 is 10.6 Å². The maximum Gasteiger partial charge on any atom is 0.340 e. The fraction of sp³-hybridized carbons (Fsp3) is 0.364. The molecule has 0 unspecified atom stereocenters. The number of ether oxygens (including phenoxy) is 1. The number of para-hydroxylation sites is 1. The van der Waals surface area contributed by atoms with Gasteiger partial charge in [-0.2, -0.15) is 0 Å². The molecule has 7 heteroatoms. The molecule has 0 saturated carbocycles. The quantitative estimate of drug-likeness (QED) is 0.519. The minimum absolute atomic E-state index is 0.195. The maximum atomic E-state index is 12.3. The highest BCUT2D eigenvalue weighted by molar-refractivity contribution is 5.96. The molecule has 1 aliphatic rings. The van der Waals surface area contributed by atoms with E-state index in [2.05, 4.69) is 26.7 Å². The van der Waals surface area contributed by atoms with Crippen LogP contribution >= 0.6 is 0 Å². The summed E-state index contributed by atoms with van der Waals surface area (Å²) in [5.41, 5.74) is 2.76. The molecule has 2 N–H and O–H groups in total. The van der Waals surface area contributed by atoms with Gasteiger partial charge in [-0.25, -0.2) is 14.8 Å². The Morgan fingerprint density at radius 1 is 1.14 bits per heavy atom. The summed E-state index contributed by atoms with van der Waals surface area (Å²) in [5.74, 6) is -0.315. The van der Waals surface area contributed by atoms with Crippen molar-refractivity contribution in [3.8, 4) is 0 Å². The Kier molecular flexibility index (Phi) is 7.33. The Balaban J connectivity index is 1.57. The highest BCUT2D eigenvalue weighted by Crippen LogP contribution is 2.20. The first-order valence-corrected chi connectivity index (χ1v) is 9.98. The Hall–Kier alpha value is -3.22. The summed E-state index contributed by atoms with van der Waals surface area (Å²) in [6.45, 7) is 2.66. The summed E-state index contributed by atoms with van der Waals surface area (Å²) in [5, 5.41) is 5.91. The maximum absolute atomic E-state index is 12.3. The summed E-state index contributed by atoms with van der Waals surface area (Å²) in [6, 6.07) is 6.98. The van der Waals surface area contributed by atoms with E-state index in [1.54, 1.807) is 31.2 Å². The number of benzene rings is 1. The average Bonchev–Trinajstić information content (AvgIpc) is 2.75. The van der Waals surface area contributed by atoms with Crippen molar-refractivity contribution in [2.75, 3.05) is 18.5 Å². The molecule has 152 valence electrons. The molecular formula is C22H26N4O3. The Labute approximate surface area is 170 Å². The van der Waals surface area contributed by atoms with Crippen LogP contribution in [-0.2, 0) is 4.74 Å². The number of hydrogen-bond donors (Lipinski definition) is 2. The average molecular weight is 394 g/mol. The molecule has 1 aliphatic carbocycles. The molecular weight excluding hydrogens is 368 g/mol. The van der Waals surface area contributed by atoms with E-state index in [-0.39, 0.29) is 5.91 Å². The molecule has 0 spiro atoms. The van der Waals surface area contributed by atoms with Gasteiger partial charge in [-0.3, -0.25) is 4.79 Å². The van der Waals surface area contributed by atoms with Gasteiger partial charge in [0.1, 0.15) is 0 Å². The molecule has 1 heterocycles. The van der Waals surface area contributed by atoms with Crippen molar-refractivity contribution in [1.29, 1.82) is 0 Å². The van der Waals surface area contributed by atoms with Crippen LogP contribution in [0.4, 0.5) is 11.6 Å². The van der Waals surface area contributed by atoms with Crippen molar-refractivity contribution < 1.29 is 14.3 Å². The van der Waals surface area contributed by atoms with Gasteiger partial charge in [0.25, 0.3) is 5.91 Å². The zero-order valence-corrected chi connectivity index (χ0v) is 16.6. The predicted molar refractivity (Wildman–Crippen MR) is 111 cm³/mol. The lowest BCUT2D eigenvalue weighted by Crippen LogP contribution is -2.25. The smallest absolute Gasteiger partial charge is 0.340 e. The third-order valence-electron chi connectivity index (χ3n) is 4.70. The molecule has 2 aromatic rings. The van der Waals surface area contributed by atoms with E-state index in [1.807, 2.05) is 0 Å². The number of nitrogens with zero attached hydrogens (tertiary/aromatic N) is 2. The zero-order valence-electron chi connectivity index (χ0n) is 16.6. The fourth-order valence-corrected chi connectivity index (χ4v) is 3.18. The van der Waals surface area contributed by atoms with Gasteiger partial charge in [0.05, 0.1) is 23.4 Å². The molecule has 1 aromatic carbocycles. The minimum atomic E-state index is -0.417. The van der Waals surface area contributed by atoms with Gasteiger partial charge in [-0.15, -0.1) is 0 Å². The highest BCUT2D eigenvalue weighted by Gasteiger charge is 2.13. The van der Waals surface area contributed by atoms with Gasteiger partial charge in [0, 0.05) is 18.9 Å². The van der Waals surface area contributed by atoms with Crippen LogP contribution in [0.5, 0.6) is 0 Å². The number of amides is 1. The van der Waals surface area contributed by atoms with Crippen LogP contribution in [0.3, 0.4) is 0 Å². The standard InChI is InChI=1S/C22H26N4O3/c1-2-29-21(28)18-10-6-7-11-19(18)26-22-24-14-17(15-25-22)20(27)23-13-12-16-8-4-3-5-9-16/h6-8,10-11,14-15H,2-5,9,12-13H2,1H3,(H,23,27)(H,24,25,26). The summed E-state index contributed by atoms with van der Waals surface area (Å²) in [4.78, 5) is 32.7. The summed E-state index contributed by atoms with van der Waals surface area (Å²) >= 11 is 0. The summed E-state index contributed by atoms with van der Waals surface area (Å²) < 4.78 is 5.06. The topological polar surface area (TPSA) is 93.2 Å². The van der Waals surface area contributed by atoms with Gasteiger partial charge in [-0.1, -0.05) is 23.8 Å². The molecule has 3 rings (SSSR count). The van der Waals surface area contributed by atoms with E-state index in [0.29, 0.717) is 35.9 Å². The molecule has 29 heavy (non-hydrogen) atoms. The number of carbonyl (C=O) groups is 2. The molecule has 0 radical (unpaired) electrons. The zero-order chi connectivity index (χ0) is 20.5. The number of rotatable bonds is 8. The van der Waals surface area contributed by atoms with Crippen molar-refractivity contribution in [2.24, 2.45) is 0 Å². The summed E-state index contributed by atoms with van der Waals surface area (Å²) in [7, 11) is 0. The summed E-state index contributed by atoms with van der Waals surface area (Å²) in [6.07, 6.45) is 10.9. The van der Waals surface area contributed by atoms with E-state index in [4.69, 9.17) is 4.74 Å². The van der Waals surface area contributed by atoms with E-state index < -0.39 is 5.97 Å². The number of aromatic nitrogens is 2.